The van der Waals surface area contributed by atoms with Crippen molar-refractivity contribution in [2.45, 2.75) is 26.3 Å². The van der Waals surface area contributed by atoms with E-state index in [0.29, 0.717) is 38.4 Å². The number of likely N-dealkylation sites (tertiary alicyclic amines) is 1. The zero-order chi connectivity index (χ0) is 12.8. The van der Waals surface area contributed by atoms with E-state index in [9.17, 15) is 9.59 Å². The summed E-state index contributed by atoms with van der Waals surface area (Å²) in [6.45, 7) is 6.08. The first-order chi connectivity index (χ1) is 8.02. The minimum atomic E-state index is -0.00361. The second kappa shape index (κ2) is 6.71. The summed E-state index contributed by atoms with van der Waals surface area (Å²) < 4.78 is 4.95. The van der Waals surface area contributed by atoms with E-state index >= 15 is 0 Å². The van der Waals surface area contributed by atoms with Crippen LogP contribution in [0.4, 0.5) is 0 Å². The van der Waals surface area contributed by atoms with Gasteiger partial charge in [0.25, 0.3) is 0 Å². The van der Waals surface area contributed by atoms with E-state index in [2.05, 4.69) is 5.32 Å². The van der Waals surface area contributed by atoms with Gasteiger partial charge in [0.05, 0.1) is 13.2 Å². The fourth-order valence-electron chi connectivity index (χ4n) is 2.05. The fraction of sp³-hybridized carbons (Fsp3) is 0.833. The van der Waals surface area contributed by atoms with Crippen LogP contribution in [0.5, 0.6) is 0 Å². The summed E-state index contributed by atoms with van der Waals surface area (Å²) in [4.78, 5) is 25.1. The van der Waals surface area contributed by atoms with E-state index in [4.69, 9.17) is 4.74 Å². The van der Waals surface area contributed by atoms with Gasteiger partial charge in [0.2, 0.25) is 5.91 Å². The number of ether oxygens (including phenoxy) is 1. The third-order valence-electron chi connectivity index (χ3n) is 2.95. The van der Waals surface area contributed by atoms with Crippen LogP contribution in [0.25, 0.3) is 0 Å². The zero-order valence-electron chi connectivity index (χ0n) is 10.9. The average molecular weight is 242 g/mol. The first-order valence-electron chi connectivity index (χ1n) is 6.06. The quantitative estimate of drug-likeness (QED) is 0.740. The van der Waals surface area contributed by atoms with E-state index < -0.39 is 0 Å². The molecule has 0 aromatic rings. The van der Waals surface area contributed by atoms with Gasteiger partial charge >= 0.3 is 0 Å². The summed E-state index contributed by atoms with van der Waals surface area (Å²) in [6.07, 6.45) is 0.558. The van der Waals surface area contributed by atoms with Gasteiger partial charge < -0.3 is 10.1 Å². The summed E-state index contributed by atoms with van der Waals surface area (Å²) >= 11 is 0. The Morgan fingerprint density at radius 1 is 1.65 bits per heavy atom. The molecule has 17 heavy (non-hydrogen) atoms. The van der Waals surface area contributed by atoms with Gasteiger partial charge in [-0.3, -0.25) is 14.5 Å². The van der Waals surface area contributed by atoms with Gasteiger partial charge in [-0.1, -0.05) is 6.92 Å². The predicted octanol–water partition coefficient (Wildman–Crippen LogP) is 0.0484. The molecule has 2 unspecified atom stereocenters. The standard InChI is InChI=1S/C12H22N2O3/c1-9-6-14(5-4-11(9)15)7-12(16)13-10(2)8-17-3/h9-10H,4-8H2,1-3H3,(H,13,16). The second-order valence-corrected chi connectivity index (χ2v) is 4.78. The molecule has 1 aliphatic rings. The monoisotopic (exact) mass is 242 g/mol. The molecular formula is C12H22N2O3. The first-order valence-corrected chi connectivity index (χ1v) is 6.06. The normalized spacial score (nSPS) is 23.5. The maximum absolute atomic E-state index is 11.7. The summed E-state index contributed by atoms with van der Waals surface area (Å²) in [7, 11) is 1.61. The Hall–Kier alpha value is -0.940. The topological polar surface area (TPSA) is 58.6 Å². The molecule has 5 nitrogen and oxygen atoms in total. The van der Waals surface area contributed by atoms with E-state index in [0.717, 1.165) is 0 Å². The van der Waals surface area contributed by atoms with E-state index in [1.54, 1.807) is 7.11 Å². The number of nitrogens with one attached hydrogen (secondary N) is 1. The molecule has 2 atom stereocenters. The van der Waals surface area contributed by atoms with Crippen LogP contribution in [0.2, 0.25) is 0 Å². The number of carbonyl (C=O) groups excluding carboxylic acids is 2. The molecule has 1 aliphatic heterocycles. The molecule has 1 N–H and O–H groups in total. The molecule has 0 aromatic heterocycles. The van der Waals surface area contributed by atoms with Crippen LogP contribution in [0, 0.1) is 5.92 Å². The van der Waals surface area contributed by atoms with Crippen LogP contribution in [-0.4, -0.2) is 56.0 Å². The molecule has 1 saturated heterocycles. The lowest BCUT2D eigenvalue weighted by Gasteiger charge is -2.29. The molecule has 1 heterocycles. The van der Waals surface area contributed by atoms with Crippen molar-refractivity contribution < 1.29 is 14.3 Å². The van der Waals surface area contributed by atoms with Crippen molar-refractivity contribution in [1.29, 1.82) is 0 Å². The molecule has 0 bridgehead atoms. The summed E-state index contributed by atoms with van der Waals surface area (Å²) in [5, 5.41) is 2.86. The summed E-state index contributed by atoms with van der Waals surface area (Å²) in [5.74, 6) is 0.346. The molecule has 0 radical (unpaired) electrons. The maximum Gasteiger partial charge on any atom is 0.234 e. The van der Waals surface area contributed by atoms with E-state index in [1.807, 2.05) is 18.7 Å². The smallest absolute Gasteiger partial charge is 0.234 e. The number of nitrogens with zero attached hydrogens (tertiary/aromatic N) is 1. The van der Waals surface area contributed by atoms with E-state index in [1.165, 1.54) is 0 Å². The third-order valence-corrected chi connectivity index (χ3v) is 2.95. The van der Waals surface area contributed by atoms with Crippen LogP contribution >= 0.6 is 0 Å². The van der Waals surface area contributed by atoms with Crippen LogP contribution in [0.1, 0.15) is 20.3 Å². The number of amides is 1. The molecule has 0 aromatic carbocycles. The molecular weight excluding hydrogens is 220 g/mol. The van der Waals surface area contributed by atoms with Crippen molar-refractivity contribution in [2.24, 2.45) is 5.92 Å². The predicted molar refractivity (Wildman–Crippen MR) is 64.7 cm³/mol. The second-order valence-electron chi connectivity index (χ2n) is 4.78. The molecule has 0 aliphatic carbocycles. The number of Topliss-reactive ketones (excluding diaryl/α,β-unsaturated/α-hetero) is 1. The lowest BCUT2D eigenvalue weighted by Crippen LogP contribution is -2.47. The Morgan fingerprint density at radius 2 is 2.35 bits per heavy atom. The number of piperidine rings is 1. The van der Waals surface area contributed by atoms with Crippen molar-refractivity contribution in [2.75, 3.05) is 33.4 Å². The summed E-state index contributed by atoms with van der Waals surface area (Å²) in [6, 6.07) is 0.0244. The van der Waals surface area contributed by atoms with Gasteiger partial charge in [0, 0.05) is 38.6 Å². The maximum atomic E-state index is 11.7. The van der Waals surface area contributed by atoms with Gasteiger partial charge in [-0.2, -0.15) is 0 Å². The zero-order valence-corrected chi connectivity index (χ0v) is 10.9. The summed E-state index contributed by atoms with van der Waals surface area (Å²) in [5.41, 5.74) is 0. The molecule has 1 rings (SSSR count). The molecule has 98 valence electrons. The minimum Gasteiger partial charge on any atom is -0.383 e. The largest absolute Gasteiger partial charge is 0.383 e. The number of rotatable bonds is 5. The van der Waals surface area contributed by atoms with E-state index in [-0.39, 0.29) is 17.9 Å². The molecule has 1 fully saturated rings. The van der Waals surface area contributed by atoms with Crippen molar-refractivity contribution in [3.8, 4) is 0 Å². The Bertz CT molecular complexity index is 281. The van der Waals surface area contributed by atoms with Crippen molar-refractivity contribution in [1.82, 2.24) is 10.2 Å². The van der Waals surface area contributed by atoms with Gasteiger partial charge in [-0.15, -0.1) is 0 Å². The lowest BCUT2D eigenvalue weighted by molar-refractivity contribution is -0.129. The van der Waals surface area contributed by atoms with Gasteiger partial charge in [0.1, 0.15) is 5.78 Å². The van der Waals surface area contributed by atoms with Crippen molar-refractivity contribution in [3.05, 3.63) is 0 Å². The molecule has 0 saturated carbocycles. The number of hydrogen-bond donors (Lipinski definition) is 1. The highest BCUT2D eigenvalue weighted by Crippen LogP contribution is 2.11. The number of carbonyl (C=O) groups is 2. The third kappa shape index (κ3) is 4.83. The average Bonchev–Trinajstić information content (AvgIpc) is 2.23. The molecule has 0 spiro atoms. The first kappa shape index (κ1) is 14.1. The highest BCUT2D eigenvalue weighted by atomic mass is 16.5. The SMILES string of the molecule is COCC(C)NC(=O)CN1CCC(=O)C(C)C1. The van der Waals surface area contributed by atoms with Crippen molar-refractivity contribution in [3.63, 3.8) is 0 Å². The number of ketones is 1. The number of methoxy groups -OCH3 is 1. The molecule has 5 heteroatoms. The Kier molecular flexibility index (Phi) is 5.58. The molecule has 1 amide bonds. The highest BCUT2D eigenvalue weighted by Gasteiger charge is 2.24. The fourth-order valence-corrected chi connectivity index (χ4v) is 2.05. The Balaban J connectivity index is 2.29. The lowest BCUT2D eigenvalue weighted by atomic mass is 9.99. The van der Waals surface area contributed by atoms with Crippen LogP contribution < -0.4 is 5.32 Å². The Labute approximate surface area is 102 Å². The van der Waals surface area contributed by atoms with Gasteiger partial charge in [-0.05, 0) is 6.92 Å². The Morgan fingerprint density at radius 3 is 2.94 bits per heavy atom. The van der Waals surface area contributed by atoms with Gasteiger partial charge in [0.15, 0.2) is 0 Å². The van der Waals surface area contributed by atoms with Crippen LogP contribution in [0.3, 0.4) is 0 Å². The van der Waals surface area contributed by atoms with Crippen LogP contribution in [-0.2, 0) is 14.3 Å². The van der Waals surface area contributed by atoms with Gasteiger partial charge in [-0.25, -0.2) is 0 Å². The van der Waals surface area contributed by atoms with Crippen LogP contribution in [0.15, 0.2) is 0 Å². The minimum absolute atomic E-state index is 0.00361. The number of hydrogen-bond acceptors (Lipinski definition) is 4. The van der Waals surface area contributed by atoms with Crippen molar-refractivity contribution >= 4 is 11.7 Å². The highest BCUT2D eigenvalue weighted by molar-refractivity contribution is 5.82.